The van der Waals surface area contributed by atoms with Crippen molar-refractivity contribution < 1.29 is 26.4 Å². The van der Waals surface area contributed by atoms with Crippen molar-refractivity contribution in [1.82, 2.24) is 14.3 Å². The third-order valence-corrected chi connectivity index (χ3v) is 6.66. The second-order valence-electron chi connectivity index (χ2n) is 6.04. The first kappa shape index (κ1) is 20.2. The molecule has 27 heavy (non-hydrogen) atoms. The van der Waals surface area contributed by atoms with E-state index in [4.69, 9.17) is 11.6 Å². The Morgan fingerprint density at radius 2 is 2.00 bits per heavy atom. The van der Waals surface area contributed by atoms with Crippen molar-refractivity contribution in [3.8, 4) is 0 Å². The van der Waals surface area contributed by atoms with Crippen molar-refractivity contribution in [2.45, 2.75) is 30.5 Å². The van der Waals surface area contributed by atoms with Crippen LogP contribution in [0.15, 0.2) is 33.8 Å². The molecule has 3 rings (SSSR count). The molecule has 1 aromatic carbocycles. The highest BCUT2D eigenvalue weighted by molar-refractivity contribution is 9.10. The molecule has 1 aromatic heterocycles. The van der Waals surface area contributed by atoms with Crippen LogP contribution in [0, 0.1) is 12.8 Å². The van der Waals surface area contributed by atoms with Crippen LogP contribution in [0.25, 0.3) is 0 Å². The minimum atomic E-state index is -4.39. The molecule has 0 aliphatic heterocycles. The Labute approximate surface area is 165 Å². The average molecular weight is 487 g/mol. The van der Waals surface area contributed by atoms with Gasteiger partial charge in [0.05, 0.1) is 10.8 Å². The van der Waals surface area contributed by atoms with E-state index in [0.29, 0.717) is 5.56 Å². The monoisotopic (exact) mass is 485 g/mol. The normalized spacial score (nSPS) is 19.8. The molecule has 146 valence electrons. The van der Waals surface area contributed by atoms with Gasteiger partial charge in [-0.15, -0.1) is 0 Å². The van der Waals surface area contributed by atoms with Gasteiger partial charge in [0.2, 0.25) is 5.28 Å². The molecule has 1 aliphatic carbocycles. The molecule has 2 unspecified atom stereocenters. The molecular formula is C15H12BrClF3N3O3S. The highest BCUT2D eigenvalue weighted by Gasteiger charge is 2.57. The number of nitrogens with one attached hydrogen (secondary N) is 1. The maximum Gasteiger partial charge on any atom is 0.393 e. The molecule has 1 saturated carbocycles. The fourth-order valence-electron chi connectivity index (χ4n) is 2.72. The van der Waals surface area contributed by atoms with Crippen molar-refractivity contribution in [3.05, 3.63) is 45.4 Å². The van der Waals surface area contributed by atoms with E-state index in [1.54, 1.807) is 19.1 Å². The molecule has 0 spiro atoms. The van der Waals surface area contributed by atoms with Crippen molar-refractivity contribution in [1.29, 1.82) is 0 Å². The predicted octanol–water partition coefficient (Wildman–Crippen LogP) is 3.85. The first-order valence-electron chi connectivity index (χ1n) is 7.56. The molecule has 6 nitrogen and oxygen atoms in total. The quantitative estimate of drug-likeness (QED) is 0.712. The SMILES string of the molecule is Cc1ccccc1S(=O)(=O)NC(=O)c1nc(Cl)n(C2CC2C(F)(F)F)c1Br. The number of hydrogen-bond donors (Lipinski definition) is 1. The van der Waals surface area contributed by atoms with Gasteiger partial charge < -0.3 is 4.57 Å². The Kier molecular flexibility index (Phi) is 5.06. The van der Waals surface area contributed by atoms with Gasteiger partial charge >= 0.3 is 6.18 Å². The van der Waals surface area contributed by atoms with Crippen LogP contribution in [0.1, 0.15) is 28.5 Å². The minimum Gasteiger partial charge on any atom is -0.305 e. The maximum absolute atomic E-state index is 12.8. The van der Waals surface area contributed by atoms with E-state index in [1.165, 1.54) is 12.1 Å². The molecular weight excluding hydrogens is 475 g/mol. The molecule has 2 atom stereocenters. The smallest absolute Gasteiger partial charge is 0.305 e. The fourth-order valence-corrected chi connectivity index (χ4v) is 5.01. The molecule has 1 N–H and O–H groups in total. The number of aromatic nitrogens is 2. The van der Waals surface area contributed by atoms with Crippen molar-refractivity contribution in [2.24, 2.45) is 5.92 Å². The number of benzene rings is 1. The zero-order valence-corrected chi connectivity index (χ0v) is 16.7. The van der Waals surface area contributed by atoms with Crippen LogP contribution in [0.4, 0.5) is 13.2 Å². The Morgan fingerprint density at radius 3 is 2.56 bits per heavy atom. The third kappa shape index (κ3) is 3.85. The number of aryl methyl sites for hydroxylation is 1. The number of alkyl halides is 3. The summed E-state index contributed by atoms with van der Waals surface area (Å²) < 4.78 is 66.0. The Bertz CT molecular complexity index is 1020. The highest BCUT2D eigenvalue weighted by Crippen LogP contribution is 2.55. The second-order valence-corrected chi connectivity index (χ2v) is 8.78. The van der Waals surface area contributed by atoms with Crippen LogP contribution < -0.4 is 4.72 Å². The lowest BCUT2D eigenvalue weighted by atomic mass is 10.2. The van der Waals surface area contributed by atoms with Crippen LogP contribution in [0.5, 0.6) is 0 Å². The van der Waals surface area contributed by atoms with E-state index in [9.17, 15) is 26.4 Å². The molecule has 1 fully saturated rings. The summed E-state index contributed by atoms with van der Waals surface area (Å²) in [5.41, 5.74) is 0.0106. The van der Waals surface area contributed by atoms with Crippen molar-refractivity contribution in [2.75, 3.05) is 0 Å². The van der Waals surface area contributed by atoms with E-state index in [2.05, 4.69) is 20.9 Å². The average Bonchev–Trinajstić information content (AvgIpc) is 3.27. The van der Waals surface area contributed by atoms with Crippen LogP contribution >= 0.6 is 27.5 Å². The minimum absolute atomic E-state index is 0.0978. The van der Waals surface area contributed by atoms with Gasteiger partial charge in [-0.2, -0.15) is 13.2 Å². The van der Waals surface area contributed by atoms with E-state index >= 15 is 0 Å². The van der Waals surface area contributed by atoms with Crippen LogP contribution in [-0.2, 0) is 10.0 Å². The Hall–Kier alpha value is -1.59. The highest BCUT2D eigenvalue weighted by atomic mass is 79.9. The summed E-state index contributed by atoms with van der Waals surface area (Å²) in [7, 11) is -4.19. The number of halogens is 5. The molecule has 0 bridgehead atoms. The summed E-state index contributed by atoms with van der Waals surface area (Å²) in [6.45, 7) is 1.56. The summed E-state index contributed by atoms with van der Waals surface area (Å²) in [5, 5.41) is -0.336. The lowest BCUT2D eigenvalue weighted by molar-refractivity contribution is -0.150. The summed E-state index contributed by atoms with van der Waals surface area (Å²) in [5.74, 6) is -2.69. The predicted molar refractivity (Wildman–Crippen MR) is 94.0 cm³/mol. The number of imidazole rings is 1. The van der Waals surface area contributed by atoms with Crippen molar-refractivity contribution in [3.63, 3.8) is 0 Å². The summed E-state index contributed by atoms with van der Waals surface area (Å²) in [4.78, 5) is 16.0. The number of nitrogens with zero attached hydrogens (tertiary/aromatic N) is 2. The zero-order valence-electron chi connectivity index (χ0n) is 13.6. The van der Waals surface area contributed by atoms with Crippen LogP contribution in [-0.4, -0.2) is 30.1 Å². The fraction of sp³-hybridized carbons (Fsp3) is 0.333. The van der Waals surface area contributed by atoms with Gasteiger partial charge in [-0.1, -0.05) is 18.2 Å². The second kappa shape index (κ2) is 6.78. The molecule has 1 amide bonds. The summed E-state index contributed by atoms with van der Waals surface area (Å²) in [6, 6.07) is 5.03. The Balaban J connectivity index is 1.87. The molecule has 1 heterocycles. The number of carbonyl (C=O) groups is 1. The van der Waals surface area contributed by atoms with E-state index < -0.39 is 39.8 Å². The van der Waals surface area contributed by atoms with Gasteiger partial charge in [0.1, 0.15) is 4.60 Å². The van der Waals surface area contributed by atoms with E-state index in [0.717, 1.165) is 4.57 Å². The van der Waals surface area contributed by atoms with E-state index in [-0.39, 0.29) is 21.2 Å². The number of carbonyl (C=O) groups excluding carboxylic acids is 1. The number of hydrogen-bond acceptors (Lipinski definition) is 4. The van der Waals surface area contributed by atoms with Gasteiger partial charge in [-0.3, -0.25) is 4.79 Å². The number of rotatable bonds is 4. The van der Waals surface area contributed by atoms with Gasteiger partial charge in [0.25, 0.3) is 15.9 Å². The first-order chi connectivity index (χ1) is 12.4. The first-order valence-corrected chi connectivity index (χ1v) is 10.2. The molecule has 0 radical (unpaired) electrons. The lowest BCUT2D eigenvalue weighted by Gasteiger charge is -2.09. The van der Waals surface area contributed by atoms with Gasteiger partial charge in [-0.05, 0) is 52.5 Å². The molecule has 1 aliphatic rings. The number of amides is 1. The molecule has 2 aromatic rings. The van der Waals surface area contributed by atoms with Crippen molar-refractivity contribution >= 4 is 43.5 Å². The number of sulfonamides is 1. The molecule has 0 saturated heterocycles. The topological polar surface area (TPSA) is 81.1 Å². The third-order valence-electron chi connectivity index (χ3n) is 4.14. The van der Waals surface area contributed by atoms with Crippen LogP contribution in [0.2, 0.25) is 5.28 Å². The standard InChI is InChI=1S/C15H12BrClF3N3O3S/c1-7-4-2-3-5-10(7)27(25,26)22-13(24)11-12(16)23(14(17)21-11)9-6-8(9)15(18,19)20/h2-5,8-9H,6H2,1H3,(H,22,24). The zero-order chi connectivity index (χ0) is 20.1. The van der Waals surface area contributed by atoms with Crippen LogP contribution in [0.3, 0.4) is 0 Å². The molecule has 12 heteroatoms. The maximum atomic E-state index is 12.8. The largest absolute Gasteiger partial charge is 0.393 e. The summed E-state index contributed by atoms with van der Waals surface area (Å²) >= 11 is 8.89. The lowest BCUT2D eigenvalue weighted by Crippen LogP contribution is -2.31. The van der Waals surface area contributed by atoms with Gasteiger partial charge in [0.15, 0.2) is 5.69 Å². The van der Waals surface area contributed by atoms with E-state index in [1.807, 2.05) is 4.72 Å². The Morgan fingerprint density at radius 1 is 1.37 bits per heavy atom. The van der Waals surface area contributed by atoms with Gasteiger partial charge in [-0.25, -0.2) is 18.1 Å². The van der Waals surface area contributed by atoms with Gasteiger partial charge in [0, 0.05) is 6.04 Å². The summed E-state index contributed by atoms with van der Waals surface area (Å²) in [6.07, 6.45) is -4.59.